The van der Waals surface area contributed by atoms with E-state index in [4.69, 9.17) is 9.47 Å². The number of carbonyl (C=O) groups is 1. The molecule has 1 N–H and O–H groups in total. The Hall–Kier alpha value is -3.79. The van der Waals surface area contributed by atoms with Crippen molar-refractivity contribution in [1.29, 1.82) is 0 Å². The van der Waals surface area contributed by atoms with Gasteiger partial charge in [0.1, 0.15) is 18.1 Å². The van der Waals surface area contributed by atoms with Gasteiger partial charge in [-0.3, -0.25) is 4.79 Å². The van der Waals surface area contributed by atoms with Crippen molar-refractivity contribution >= 4 is 22.4 Å². The van der Waals surface area contributed by atoms with Gasteiger partial charge in [0.15, 0.2) is 0 Å². The van der Waals surface area contributed by atoms with E-state index in [9.17, 15) is 4.79 Å². The summed E-state index contributed by atoms with van der Waals surface area (Å²) in [5.41, 5.74) is 4.57. The second kappa shape index (κ2) is 10.2. The molecule has 4 aromatic carbocycles. The van der Waals surface area contributed by atoms with Gasteiger partial charge in [-0.15, -0.1) is 0 Å². The quantitative estimate of drug-likeness (QED) is 0.328. The van der Waals surface area contributed by atoms with Crippen LogP contribution in [0.15, 0.2) is 78.9 Å². The number of ether oxygens (including phenoxy) is 2. The van der Waals surface area contributed by atoms with Crippen molar-refractivity contribution in [3.8, 4) is 11.5 Å². The summed E-state index contributed by atoms with van der Waals surface area (Å²) in [4.78, 5) is 13.1. The fourth-order valence-corrected chi connectivity index (χ4v) is 4.04. The topological polar surface area (TPSA) is 47.6 Å². The fraction of sp³-hybridized carbons (Fsp3) is 0.207. The number of nitrogens with one attached hydrogen (secondary N) is 1. The van der Waals surface area contributed by atoms with E-state index in [1.807, 2.05) is 48.5 Å². The number of hydrogen-bond acceptors (Lipinski definition) is 3. The van der Waals surface area contributed by atoms with Gasteiger partial charge in [-0.1, -0.05) is 62.4 Å². The third-order valence-electron chi connectivity index (χ3n) is 5.90. The van der Waals surface area contributed by atoms with Gasteiger partial charge < -0.3 is 14.8 Å². The van der Waals surface area contributed by atoms with Crippen LogP contribution in [0.3, 0.4) is 0 Å². The maximum absolute atomic E-state index is 13.1. The van der Waals surface area contributed by atoms with Crippen molar-refractivity contribution in [2.75, 3.05) is 12.4 Å². The highest BCUT2D eigenvalue weighted by atomic mass is 16.5. The number of rotatable bonds is 8. The van der Waals surface area contributed by atoms with E-state index in [1.54, 1.807) is 13.2 Å². The number of aryl methyl sites for hydroxylation is 2. The molecule has 0 aliphatic rings. The lowest BCUT2D eigenvalue weighted by molar-refractivity contribution is 0.102. The Bertz CT molecular complexity index is 1260. The van der Waals surface area contributed by atoms with Gasteiger partial charge in [0, 0.05) is 16.8 Å². The van der Waals surface area contributed by atoms with E-state index < -0.39 is 0 Å². The third-order valence-corrected chi connectivity index (χ3v) is 5.90. The first kappa shape index (κ1) is 22.4. The van der Waals surface area contributed by atoms with Crippen LogP contribution < -0.4 is 14.8 Å². The molecule has 0 heterocycles. The van der Waals surface area contributed by atoms with Gasteiger partial charge >= 0.3 is 0 Å². The Kier molecular flexibility index (Phi) is 6.94. The van der Waals surface area contributed by atoms with Crippen LogP contribution in [0.4, 0.5) is 5.69 Å². The van der Waals surface area contributed by atoms with Crippen LogP contribution in [0.5, 0.6) is 11.5 Å². The number of carbonyl (C=O) groups excluding carboxylic acids is 1. The van der Waals surface area contributed by atoms with E-state index >= 15 is 0 Å². The molecule has 0 bridgehead atoms. The van der Waals surface area contributed by atoms with Crippen LogP contribution in [0.2, 0.25) is 0 Å². The number of amides is 1. The van der Waals surface area contributed by atoms with E-state index in [1.165, 1.54) is 5.39 Å². The van der Waals surface area contributed by atoms with Crippen LogP contribution >= 0.6 is 0 Å². The number of fused-ring (bicyclic) bond motifs is 1. The van der Waals surface area contributed by atoms with Gasteiger partial charge in [0.2, 0.25) is 0 Å². The molecule has 33 heavy (non-hydrogen) atoms. The number of hydrogen-bond donors (Lipinski definition) is 1. The molecule has 0 aliphatic carbocycles. The van der Waals surface area contributed by atoms with Crippen molar-refractivity contribution in [2.24, 2.45) is 0 Å². The molecule has 0 aliphatic heterocycles. The molecule has 4 aromatic rings. The van der Waals surface area contributed by atoms with Crippen molar-refractivity contribution in [3.63, 3.8) is 0 Å². The smallest absolute Gasteiger partial charge is 0.255 e. The Morgan fingerprint density at radius 3 is 2.21 bits per heavy atom. The number of anilines is 1. The molecule has 0 atom stereocenters. The van der Waals surface area contributed by atoms with Gasteiger partial charge in [-0.25, -0.2) is 0 Å². The molecule has 0 saturated carbocycles. The largest absolute Gasteiger partial charge is 0.496 e. The van der Waals surface area contributed by atoms with Crippen LogP contribution in [-0.2, 0) is 19.4 Å². The molecule has 0 spiro atoms. The first-order valence-electron chi connectivity index (χ1n) is 11.3. The molecule has 168 valence electrons. The van der Waals surface area contributed by atoms with E-state index in [0.29, 0.717) is 17.9 Å². The number of para-hydroxylation sites is 1. The number of methoxy groups -OCH3 is 1. The maximum Gasteiger partial charge on any atom is 0.255 e. The minimum atomic E-state index is -0.139. The average Bonchev–Trinajstić information content (AvgIpc) is 2.87. The van der Waals surface area contributed by atoms with Gasteiger partial charge in [-0.2, -0.15) is 0 Å². The summed E-state index contributed by atoms with van der Waals surface area (Å²) in [6, 6.07) is 25.8. The lowest BCUT2D eigenvalue weighted by Crippen LogP contribution is -2.15. The average molecular weight is 440 g/mol. The fourth-order valence-electron chi connectivity index (χ4n) is 4.04. The van der Waals surface area contributed by atoms with Crippen LogP contribution in [0, 0.1) is 0 Å². The second-order valence-electron chi connectivity index (χ2n) is 7.94. The van der Waals surface area contributed by atoms with Crippen molar-refractivity contribution in [2.45, 2.75) is 33.3 Å². The summed E-state index contributed by atoms with van der Waals surface area (Å²) in [5.74, 6) is 1.32. The SMILES string of the molecule is CCc1cccc(CC)c1NC(=O)c1ccc(OC)c(COc2ccc3ccccc3c2)c1. The summed E-state index contributed by atoms with van der Waals surface area (Å²) in [7, 11) is 1.62. The van der Waals surface area contributed by atoms with Gasteiger partial charge in [0.25, 0.3) is 5.91 Å². The van der Waals surface area contributed by atoms with E-state index in [2.05, 4.69) is 43.4 Å². The Balaban J connectivity index is 1.55. The second-order valence-corrected chi connectivity index (χ2v) is 7.94. The first-order chi connectivity index (χ1) is 16.1. The van der Waals surface area contributed by atoms with Gasteiger partial charge in [0.05, 0.1) is 7.11 Å². The lowest BCUT2D eigenvalue weighted by Gasteiger charge is -2.16. The Morgan fingerprint density at radius 1 is 0.788 bits per heavy atom. The molecule has 4 heteroatoms. The molecule has 4 nitrogen and oxygen atoms in total. The van der Waals surface area contributed by atoms with Crippen molar-refractivity contribution < 1.29 is 14.3 Å². The monoisotopic (exact) mass is 439 g/mol. The van der Waals surface area contributed by atoms with Crippen LogP contribution in [0.25, 0.3) is 10.8 Å². The summed E-state index contributed by atoms with van der Waals surface area (Å²) < 4.78 is 11.6. The Labute approximate surface area is 195 Å². The molecule has 0 saturated heterocycles. The summed E-state index contributed by atoms with van der Waals surface area (Å²) in [5, 5.41) is 5.42. The summed E-state index contributed by atoms with van der Waals surface area (Å²) in [6.45, 7) is 4.49. The molecule has 0 radical (unpaired) electrons. The molecule has 0 unspecified atom stereocenters. The highest BCUT2D eigenvalue weighted by Gasteiger charge is 2.14. The zero-order valence-electron chi connectivity index (χ0n) is 19.4. The van der Waals surface area contributed by atoms with E-state index in [0.717, 1.165) is 46.4 Å². The standard InChI is InChI=1S/C29H29NO3/c1-4-20-11-8-12-21(5-2)28(20)30-29(31)24-14-16-27(32-3)25(17-24)19-33-26-15-13-22-9-6-7-10-23(22)18-26/h6-18H,4-5,19H2,1-3H3,(H,30,31). The molecular formula is C29H29NO3. The zero-order valence-corrected chi connectivity index (χ0v) is 19.4. The minimum Gasteiger partial charge on any atom is -0.496 e. The molecule has 0 fully saturated rings. The summed E-state index contributed by atoms with van der Waals surface area (Å²) in [6.07, 6.45) is 1.72. The highest BCUT2D eigenvalue weighted by Crippen LogP contribution is 2.27. The molecule has 0 aromatic heterocycles. The molecule has 4 rings (SSSR count). The number of benzene rings is 4. The van der Waals surface area contributed by atoms with Crippen LogP contribution in [-0.4, -0.2) is 13.0 Å². The van der Waals surface area contributed by atoms with Crippen LogP contribution in [0.1, 0.15) is 40.9 Å². The highest BCUT2D eigenvalue weighted by molar-refractivity contribution is 6.05. The summed E-state index contributed by atoms with van der Waals surface area (Å²) >= 11 is 0. The minimum absolute atomic E-state index is 0.139. The maximum atomic E-state index is 13.1. The van der Waals surface area contributed by atoms with E-state index in [-0.39, 0.29) is 5.91 Å². The first-order valence-corrected chi connectivity index (χ1v) is 11.3. The molecular weight excluding hydrogens is 410 g/mol. The van der Waals surface area contributed by atoms with Gasteiger partial charge in [-0.05, 0) is 65.1 Å². The Morgan fingerprint density at radius 2 is 1.52 bits per heavy atom. The predicted octanol–water partition coefficient (Wildman–Crippen LogP) is 6.80. The lowest BCUT2D eigenvalue weighted by atomic mass is 10.0. The normalized spacial score (nSPS) is 10.8. The van der Waals surface area contributed by atoms with Crippen molar-refractivity contribution in [3.05, 3.63) is 101 Å². The zero-order chi connectivity index (χ0) is 23.2. The third kappa shape index (κ3) is 5.01. The van der Waals surface area contributed by atoms with Crippen molar-refractivity contribution in [1.82, 2.24) is 0 Å². The molecule has 1 amide bonds. The predicted molar refractivity (Wildman–Crippen MR) is 134 cm³/mol.